The van der Waals surface area contributed by atoms with Gasteiger partial charge in [-0.05, 0) is 31.6 Å². The highest BCUT2D eigenvalue weighted by atomic mass is 16.5. The zero-order valence-corrected chi connectivity index (χ0v) is 14.6. The summed E-state index contributed by atoms with van der Waals surface area (Å²) in [4.78, 5) is 14.6. The first kappa shape index (κ1) is 16.7. The minimum Gasteiger partial charge on any atom is -0.377 e. The number of rotatable bonds is 7. The van der Waals surface area contributed by atoms with Gasteiger partial charge in [0.05, 0.1) is 25.5 Å². The molecule has 0 aromatic carbocycles. The average molecular weight is 346 g/mol. The third-order valence-electron chi connectivity index (χ3n) is 5.21. The van der Waals surface area contributed by atoms with Crippen LogP contribution in [0.15, 0.2) is 12.7 Å². The van der Waals surface area contributed by atoms with Crippen LogP contribution in [0.4, 0.5) is 0 Å². The van der Waals surface area contributed by atoms with Crippen LogP contribution < -0.4 is 0 Å². The van der Waals surface area contributed by atoms with Gasteiger partial charge < -0.3 is 14.4 Å². The van der Waals surface area contributed by atoms with Crippen molar-refractivity contribution in [2.75, 3.05) is 26.4 Å². The van der Waals surface area contributed by atoms with E-state index < -0.39 is 0 Å². The first-order chi connectivity index (χ1) is 12.3. The first-order valence-corrected chi connectivity index (χ1v) is 9.27. The summed E-state index contributed by atoms with van der Waals surface area (Å²) in [5.74, 6) is 0.906. The van der Waals surface area contributed by atoms with E-state index >= 15 is 0 Å². The molecule has 7 nitrogen and oxygen atoms in total. The van der Waals surface area contributed by atoms with Crippen LogP contribution in [0.5, 0.6) is 0 Å². The van der Waals surface area contributed by atoms with Crippen molar-refractivity contribution in [1.29, 1.82) is 0 Å². The van der Waals surface area contributed by atoms with E-state index in [-0.39, 0.29) is 17.9 Å². The molecule has 1 saturated carbocycles. The van der Waals surface area contributed by atoms with Crippen LogP contribution in [0, 0.1) is 5.92 Å². The van der Waals surface area contributed by atoms with Crippen molar-refractivity contribution in [1.82, 2.24) is 19.9 Å². The number of hydrogen-bond acceptors (Lipinski definition) is 5. The van der Waals surface area contributed by atoms with E-state index in [1.807, 2.05) is 9.58 Å². The van der Waals surface area contributed by atoms with Crippen LogP contribution in [-0.2, 0) is 27.4 Å². The van der Waals surface area contributed by atoms with Gasteiger partial charge in [-0.25, -0.2) is 4.68 Å². The van der Waals surface area contributed by atoms with Crippen molar-refractivity contribution in [2.45, 2.75) is 50.8 Å². The summed E-state index contributed by atoms with van der Waals surface area (Å²) in [5.41, 5.74) is 2.05. The molecule has 1 aromatic heterocycles. The number of hydrogen-bond donors (Lipinski definition) is 0. The number of amides is 1. The molecule has 4 rings (SSSR count). The molecule has 1 aromatic rings. The fourth-order valence-corrected chi connectivity index (χ4v) is 3.76. The summed E-state index contributed by atoms with van der Waals surface area (Å²) in [6, 6.07) is 0. The van der Waals surface area contributed by atoms with Gasteiger partial charge in [0.15, 0.2) is 0 Å². The van der Waals surface area contributed by atoms with E-state index in [1.165, 1.54) is 12.8 Å². The Hall–Kier alpha value is -1.73. The number of ether oxygens (including phenoxy) is 2. The molecule has 7 heteroatoms. The second kappa shape index (κ2) is 7.25. The maximum Gasteiger partial charge on any atom is 0.252 e. The fraction of sp³-hybridized carbons (Fsp3) is 0.722. The van der Waals surface area contributed by atoms with Gasteiger partial charge in [0.2, 0.25) is 0 Å². The largest absolute Gasteiger partial charge is 0.377 e. The summed E-state index contributed by atoms with van der Waals surface area (Å²) in [6.45, 7) is 7.53. The number of aromatic nitrogens is 3. The summed E-state index contributed by atoms with van der Waals surface area (Å²) in [7, 11) is 0. The van der Waals surface area contributed by atoms with Gasteiger partial charge in [-0.1, -0.05) is 11.3 Å². The van der Waals surface area contributed by atoms with E-state index in [0.717, 1.165) is 36.7 Å². The van der Waals surface area contributed by atoms with Crippen molar-refractivity contribution >= 4 is 5.91 Å². The SMILES string of the molecule is C=CCOC[C@@H]1CN(C(=O)[C@H]2CCCO2)Cc2nnn(CC3CC3)c21. The smallest absolute Gasteiger partial charge is 0.252 e. The quantitative estimate of drug-likeness (QED) is 0.553. The highest BCUT2D eigenvalue weighted by Crippen LogP contribution is 2.34. The standard InChI is InChI=1S/C18H26N4O3/c1-2-7-24-12-14-10-21(18(23)16-4-3-8-25-16)11-15-17(14)22(20-19-15)9-13-5-6-13/h2,13-14,16H,1,3-12H2/t14-,16+/m0/s1. The summed E-state index contributed by atoms with van der Waals surface area (Å²) < 4.78 is 13.3. The molecule has 1 amide bonds. The summed E-state index contributed by atoms with van der Waals surface area (Å²) >= 11 is 0. The normalized spacial score (nSPS) is 25.8. The van der Waals surface area contributed by atoms with Crippen LogP contribution >= 0.6 is 0 Å². The van der Waals surface area contributed by atoms with Crippen LogP contribution in [0.1, 0.15) is 43.0 Å². The van der Waals surface area contributed by atoms with Crippen LogP contribution in [0.3, 0.4) is 0 Å². The molecular weight excluding hydrogens is 320 g/mol. The third-order valence-corrected chi connectivity index (χ3v) is 5.21. The Balaban J connectivity index is 1.53. The van der Waals surface area contributed by atoms with Crippen molar-refractivity contribution < 1.29 is 14.3 Å². The van der Waals surface area contributed by atoms with Crippen molar-refractivity contribution in [2.24, 2.45) is 5.92 Å². The average Bonchev–Trinajstić information content (AvgIpc) is 3.10. The fourth-order valence-electron chi connectivity index (χ4n) is 3.76. The minimum atomic E-state index is -0.294. The van der Waals surface area contributed by atoms with E-state index in [4.69, 9.17) is 9.47 Å². The lowest BCUT2D eigenvalue weighted by Gasteiger charge is -2.33. The Morgan fingerprint density at radius 1 is 1.40 bits per heavy atom. The van der Waals surface area contributed by atoms with E-state index in [2.05, 4.69) is 16.9 Å². The molecule has 25 heavy (non-hydrogen) atoms. The molecule has 0 unspecified atom stereocenters. The van der Waals surface area contributed by atoms with Crippen LogP contribution in [0.25, 0.3) is 0 Å². The Labute approximate surface area is 148 Å². The van der Waals surface area contributed by atoms with Crippen molar-refractivity contribution in [3.63, 3.8) is 0 Å². The zero-order chi connectivity index (χ0) is 17.2. The molecule has 2 fully saturated rings. The van der Waals surface area contributed by atoms with Gasteiger partial charge in [0, 0.05) is 25.6 Å². The summed E-state index contributed by atoms with van der Waals surface area (Å²) in [6.07, 6.45) is 5.77. The lowest BCUT2D eigenvalue weighted by molar-refractivity contribution is -0.142. The molecule has 2 aliphatic heterocycles. The van der Waals surface area contributed by atoms with E-state index in [9.17, 15) is 4.79 Å². The van der Waals surface area contributed by atoms with Crippen molar-refractivity contribution in [3.05, 3.63) is 24.0 Å². The molecule has 2 atom stereocenters. The lowest BCUT2D eigenvalue weighted by Crippen LogP contribution is -2.44. The third kappa shape index (κ3) is 3.62. The molecule has 1 aliphatic carbocycles. The second-order valence-corrected chi connectivity index (χ2v) is 7.29. The zero-order valence-electron chi connectivity index (χ0n) is 14.6. The van der Waals surface area contributed by atoms with Gasteiger partial charge in [0.1, 0.15) is 11.8 Å². The number of carbonyl (C=O) groups excluding carboxylic acids is 1. The predicted molar refractivity (Wildman–Crippen MR) is 90.9 cm³/mol. The lowest BCUT2D eigenvalue weighted by atomic mass is 9.98. The predicted octanol–water partition coefficient (Wildman–Crippen LogP) is 1.50. The minimum absolute atomic E-state index is 0.0774. The van der Waals surface area contributed by atoms with Gasteiger partial charge in [-0.3, -0.25) is 4.79 Å². The monoisotopic (exact) mass is 346 g/mol. The Morgan fingerprint density at radius 2 is 2.28 bits per heavy atom. The van der Waals surface area contributed by atoms with Gasteiger partial charge in [-0.15, -0.1) is 11.7 Å². The second-order valence-electron chi connectivity index (χ2n) is 7.29. The number of nitrogens with zero attached hydrogens (tertiary/aromatic N) is 4. The maximum atomic E-state index is 12.8. The number of carbonyl (C=O) groups is 1. The Kier molecular flexibility index (Phi) is 4.85. The Morgan fingerprint density at radius 3 is 3.00 bits per heavy atom. The van der Waals surface area contributed by atoms with E-state index in [1.54, 1.807) is 6.08 Å². The van der Waals surface area contributed by atoms with Crippen LogP contribution in [-0.4, -0.2) is 58.3 Å². The molecular formula is C18H26N4O3. The maximum absolute atomic E-state index is 12.8. The summed E-state index contributed by atoms with van der Waals surface area (Å²) in [5, 5.41) is 8.75. The number of fused-ring (bicyclic) bond motifs is 1. The first-order valence-electron chi connectivity index (χ1n) is 9.27. The highest BCUT2D eigenvalue weighted by Gasteiger charge is 2.37. The highest BCUT2D eigenvalue weighted by molar-refractivity contribution is 5.81. The molecule has 3 aliphatic rings. The van der Waals surface area contributed by atoms with E-state index in [0.29, 0.717) is 32.9 Å². The van der Waals surface area contributed by atoms with Gasteiger partial charge in [0.25, 0.3) is 5.91 Å². The molecule has 0 radical (unpaired) electrons. The molecule has 3 heterocycles. The molecule has 0 N–H and O–H groups in total. The topological polar surface area (TPSA) is 69.5 Å². The molecule has 0 bridgehead atoms. The Bertz CT molecular complexity index is 634. The molecule has 1 saturated heterocycles. The van der Waals surface area contributed by atoms with Gasteiger partial charge >= 0.3 is 0 Å². The molecule has 136 valence electrons. The molecule has 0 spiro atoms. The van der Waals surface area contributed by atoms with Gasteiger partial charge in [-0.2, -0.15) is 0 Å². The van der Waals surface area contributed by atoms with Crippen LogP contribution in [0.2, 0.25) is 0 Å². The van der Waals surface area contributed by atoms with Crippen molar-refractivity contribution in [3.8, 4) is 0 Å².